The number of rotatable bonds is 11. The summed E-state index contributed by atoms with van der Waals surface area (Å²) in [5.74, 6) is 0.242. The van der Waals surface area contributed by atoms with Crippen LogP contribution in [0.25, 0.3) is 0 Å². The second-order valence-electron chi connectivity index (χ2n) is 4.84. The molecule has 0 aliphatic heterocycles. The van der Waals surface area contributed by atoms with Crippen molar-refractivity contribution in [2.24, 2.45) is 0 Å². The molecular formula is C14H28BrNO2. The van der Waals surface area contributed by atoms with Crippen LogP contribution >= 0.6 is 15.9 Å². The lowest BCUT2D eigenvalue weighted by molar-refractivity contribution is -0.130. The summed E-state index contributed by atoms with van der Waals surface area (Å²) in [5.41, 5.74) is 0. The molecule has 0 aliphatic carbocycles. The van der Waals surface area contributed by atoms with Gasteiger partial charge in [0, 0.05) is 27.1 Å². The molecule has 0 aromatic heterocycles. The number of ether oxygens (including phenoxy) is 1. The zero-order chi connectivity index (χ0) is 13.8. The lowest BCUT2D eigenvalue weighted by Gasteiger charge is -2.20. The van der Waals surface area contributed by atoms with E-state index < -0.39 is 0 Å². The lowest BCUT2D eigenvalue weighted by Crippen LogP contribution is -2.33. The highest BCUT2D eigenvalue weighted by atomic mass is 79.9. The van der Waals surface area contributed by atoms with E-state index in [1.54, 1.807) is 12.0 Å². The third kappa shape index (κ3) is 9.89. The first-order chi connectivity index (χ1) is 8.61. The van der Waals surface area contributed by atoms with Crippen molar-refractivity contribution in [3.63, 3.8) is 0 Å². The van der Waals surface area contributed by atoms with Crippen LogP contribution in [0.15, 0.2) is 0 Å². The zero-order valence-electron chi connectivity index (χ0n) is 12.1. The summed E-state index contributed by atoms with van der Waals surface area (Å²) in [6.07, 6.45) is 8.02. The van der Waals surface area contributed by atoms with Gasteiger partial charge in [0.2, 0.25) is 5.91 Å². The van der Waals surface area contributed by atoms with Crippen molar-refractivity contribution in [3.05, 3.63) is 0 Å². The van der Waals surface area contributed by atoms with E-state index >= 15 is 0 Å². The van der Waals surface area contributed by atoms with Crippen molar-refractivity contribution in [1.29, 1.82) is 0 Å². The summed E-state index contributed by atoms with van der Waals surface area (Å²) in [6.45, 7) is 3.56. The molecule has 0 fully saturated rings. The number of alkyl halides is 1. The van der Waals surface area contributed by atoms with E-state index in [4.69, 9.17) is 4.74 Å². The van der Waals surface area contributed by atoms with Crippen LogP contribution < -0.4 is 0 Å². The Bertz CT molecular complexity index is 212. The summed E-state index contributed by atoms with van der Waals surface area (Å²) >= 11 is 3.50. The number of hydrogen-bond donors (Lipinski definition) is 0. The first-order valence-corrected chi connectivity index (χ1v) is 7.90. The van der Waals surface area contributed by atoms with Gasteiger partial charge in [-0.3, -0.25) is 4.79 Å². The number of halogens is 1. The van der Waals surface area contributed by atoms with E-state index in [0.717, 1.165) is 6.42 Å². The predicted molar refractivity (Wildman–Crippen MR) is 80.2 cm³/mol. The highest BCUT2D eigenvalue weighted by Crippen LogP contribution is 2.09. The highest BCUT2D eigenvalue weighted by molar-refractivity contribution is 9.09. The monoisotopic (exact) mass is 321 g/mol. The van der Waals surface area contributed by atoms with Crippen molar-refractivity contribution in [3.8, 4) is 0 Å². The van der Waals surface area contributed by atoms with E-state index in [1.807, 2.05) is 7.05 Å². The molecule has 0 saturated carbocycles. The number of amides is 1. The van der Waals surface area contributed by atoms with Gasteiger partial charge in [-0.15, -0.1) is 0 Å². The average molecular weight is 322 g/mol. The Kier molecular flexibility index (Phi) is 11.9. The van der Waals surface area contributed by atoms with Gasteiger partial charge in [0.15, 0.2) is 0 Å². The first-order valence-electron chi connectivity index (χ1n) is 6.98. The fraction of sp³-hybridized carbons (Fsp3) is 0.929. The maximum absolute atomic E-state index is 11.8. The van der Waals surface area contributed by atoms with Gasteiger partial charge >= 0.3 is 0 Å². The molecule has 0 spiro atoms. The van der Waals surface area contributed by atoms with E-state index in [0.29, 0.717) is 19.6 Å². The number of carbonyl (C=O) groups excluding carboxylic acids is 1. The van der Waals surface area contributed by atoms with Crippen LogP contribution in [0.1, 0.15) is 51.9 Å². The van der Waals surface area contributed by atoms with E-state index in [2.05, 4.69) is 22.9 Å². The Morgan fingerprint density at radius 1 is 1.22 bits per heavy atom. The van der Waals surface area contributed by atoms with Gasteiger partial charge in [-0.25, -0.2) is 0 Å². The molecule has 0 radical (unpaired) electrons. The van der Waals surface area contributed by atoms with Crippen molar-refractivity contribution in [2.75, 3.05) is 27.3 Å². The number of nitrogens with zero attached hydrogens (tertiary/aromatic N) is 1. The third-order valence-corrected chi connectivity index (χ3v) is 3.54. The largest absolute Gasteiger partial charge is 0.383 e. The fourth-order valence-corrected chi connectivity index (χ4v) is 2.58. The van der Waals surface area contributed by atoms with Crippen LogP contribution in [-0.2, 0) is 9.53 Å². The standard InChI is InChI=1S/C14H28BrNO2/c1-4-5-6-7-8-9-10-14(17)16(2)11-13(15)12-18-3/h13H,4-12H2,1-3H3. The van der Waals surface area contributed by atoms with Crippen LogP contribution in [0.5, 0.6) is 0 Å². The number of carbonyl (C=O) groups is 1. The minimum absolute atomic E-state index is 0.223. The van der Waals surface area contributed by atoms with Gasteiger partial charge in [0.1, 0.15) is 0 Å². The van der Waals surface area contributed by atoms with Gasteiger partial charge in [-0.2, -0.15) is 0 Å². The highest BCUT2D eigenvalue weighted by Gasteiger charge is 2.12. The predicted octanol–water partition coefficient (Wildman–Crippen LogP) is 3.61. The average Bonchev–Trinajstić information content (AvgIpc) is 2.33. The first kappa shape index (κ1) is 17.9. The Morgan fingerprint density at radius 3 is 2.44 bits per heavy atom. The Hall–Kier alpha value is -0.0900. The smallest absolute Gasteiger partial charge is 0.222 e. The maximum Gasteiger partial charge on any atom is 0.222 e. The molecule has 0 aromatic rings. The topological polar surface area (TPSA) is 29.5 Å². The maximum atomic E-state index is 11.8. The Morgan fingerprint density at radius 2 is 1.83 bits per heavy atom. The van der Waals surface area contributed by atoms with E-state index in [9.17, 15) is 4.79 Å². The molecule has 0 bridgehead atoms. The molecular weight excluding hydrogens is 294 g/mol. The third-order valence-electron chi connectivity index (χ3n) is 2.99. The molecule has 0 saturated heterocycles. The van der Waals surface area contributed by atoms with Crippen LogP contribution in [-0.4, -0.2) is 42.9 Å². The molecule has 0 aromatic carbocycles. The van der Waals surface area contributed by atoms with Crippen molar-refractivity contribution in [1.82, 2.24) is 4.90 Å². The van der Waals surface area contributed by atoms with Gasteiger partial charge in [0.25, 0.3) is 0 Å². The van der Waals surface area contributed by atoms with E-state index in [-0.39, 0.29) is 10.7 Å². The quantitative estimate of drug-likeness (QED) is 0.430. The fourth-order valence-electron chi connectivity index (χ4n) is 1.88. The Labute approximate surface area is 120 Å². The second-order valence-corrected chi connectivity index (χ2v) is 6.14. The van der Waals surface area contributed by atoms with Crippen LogP contribution in [0.4, 0.5) is 0 Å². The van der Waals surface area contributed by atoms with Crippen molar-refractivity contribution in [2.45, 2.75) is 56.7 Å². The molecule has 108 valence electrons. The molecule has 0 rings (SSSR count). The summed E-state index contributed by atoms with van der Waals surface area (Å²) in [4.78, 5) is 13.9. The SMILES string of the molecule is CCCCCCCCC(=O)N(C)CC(Br)COC. The minimum atomic E-state index is 0.223. The van der Waals surface area contributed by atoms with Crippen LogP contribution in [0, 0.1) is 0 Å². The molecule has 1 unspecified atom stereocenters. The zero-order valence-corrected chi connectivity index (χ0v) is 13.7. The summed E-state index contributed by atoms with van der Waals surface area (Å²) in [6, 6.07) is 0. The lowest BCUT2D eigenvalue weighted by atomic mass is 10.1. The Balaban J connectivity index is 3.55. The molecule has 4 heteroatoms. The van der Waals surface area contributed by atoms with Crippen molar-refractivity contribution >= 4 is 21.8 Å². The molecule has 0 aliphatic rings. The second kappa shape index (κ2) is 12.0. The number of unbranched alkanes of at least 4 members (excludes halogenated alkanes) is 5. The van der Waals surface area contributed by atoms with Gasteiger partial charge in [-0.1, -0.05) is 55.0 Å². The summed E-state index contributed by atoms with van der Waals surface area (Å²) in [7, 11) is 3.54. The molecule has 1 amide bonds. The molecule has 1 atom stereocenters. The van der Waals surface area contributed by atoms with Crippen LogP contribution in [0.2, 0.25) is 0 Å². The van der Waals surface area contributed by atoms with Crippen molar-refractivity contribution < 1.29 is 9.53 Å². The van der Waals surface area contributed by atoms with E-state index in [1.165, 1.54) is 32.1 Å². The molecule has 0 heterocycles. The molecule has 0 N–H and O–H groups in total. The van der Waals surface area contributed by atoms with Gasteiger partial charge in [0.05, 0.1) is 11.4 Å². The van der Waals surface area contributed by atoms with Crippen LogP contribution in [0.3, 0.4) is 0 Å². The molecule has 3 nitrogen and oxygen atoms in total. The minimum Gasteiger partial charge on any atom is -0.383 e. The molecule has 18 heavy (non-hydrogen) atoms. The normalized spacial score (nSPS) is 12.4. The number of hydrogen-bond acceptors (Lipinski definition) is 2. The van der Waals surface area contributed by atoms with Gasteiger partial charge in [-0.05, 0) is 6.42 Å². The summed E-state index contributed by atoms with van der Waals surface area (Å²) in [5, 5.41) is 0. The summed E-state index contributed by atoms with van der Waals surface area (Å²) < 4.78 is 5.04. The number of methoxy groups -OCH3 is 1. The van der Waals surface area contributed by atoms with Gasteiger partial charge < -0.3 is 9.64 Å².